The molecule has 0 spiro atoms. The van der Waals surface area contributed by atoms with Crippen LogP contribution in [0.25, 0.3) is 0 Å². The molecule has 6 heteroatoms. The number of esters is 3. The first kappa shape index (κ1) is 72.4. The number of rotatable bonds is 61. The fourth-order valence-electron chi connectivity index (χ4n) is 9.91. The van der Waals surface area contributed by atoms with Gasteiger partial charge in [0.2, 0.25) is 0 Å². The smallest absolute Gasteiger partial charge is 0.306 e. The third kappa shape index (κ3) is 62.1. The molecule has 0 amide bonds. The zero-order valence-corrected chi connectivity index (χ0v) is 50.3. The Morgan fingerprint density at radius 3 is 0.813 bits per heavy atom. The number of carbonyl (C=O) groups excluding carboxylic acids is 3. The molecule has 0 aliphatic rings. The number of hydrogen-bond donors (Lipinski definition) is 0. The van der Waals surface area contributed by atoms with E-state index in [4.69, 9.17) is 14.2 Å². The molecular weight excluding hydrogens is 925 g/mol. The third-order valence-electron chi connectivity index (χ3n) is 14.8. The van der Waals surface area contributed by atoms with Crippen molar-refractivity contribution >= 4 is 17.9 Å². The Hall–Kier alpha value is -2.63. The second-order valence-electron chi connectivity index (χ2n) is 22.4. The predicted molar refractivity (Wildman–Crippen MR) is 325 cm³/mol. The van der Waals surface area contributed by atoms with E-state index in [2.05, 4.69) is 69.4 Å². The summed E-state index contributed by atoms with van der Waals surface area (Å²) < 4.78 is 16.9. The standard InChI is InChI=1S/C69H126O6/c1-4-7-10-13-16-19-22-25-28-30-32-33-34-35-36-37-39-41-44-47-50-53-56-59-62-68(71)74-65-66(64-73-67(70)61-58-55-52-49-46-43-40-27-24-21-18-15-12-9-6-3)75-69(72)63-60-57-54-51-48-45-42-38-31-29-26-23-20-17-14-11-8-5-2/h9,12,18,21,27,40,46,49,66H,4-8,10-11,13-17,19-20,22-26,28-39,41-45,47-48,50-65H2,1-3H3/b12-9-,21-18-,40-27-,49-46-. The lowest BCUT2D eigenvalue weighted by Crippen LogP contribution is -2.30. The minimum Gasteiger partial charge on any atom is -0.462 e. The van der Waals surface area contributed by atoms with Crippen LogP contribution in [0.3, 0.4) is 0 Å². The minimum absolute atomic E-state index is 0.0811. The molecule has 0 aromatic heterocycles. The van der Waals surface area contributed by atoms with Crippen molar-refractivity contribution in [2.24, 2.45) is 0 Å². The summed E-state index contributed by atoms with van der Waals surface area (Å²) in [4.78, 5) is 38.3. The highest BCUT2D eigenvalue weighted by molar-refractivity contribution is 5.71. The fraction of sp³-hybridized carbons (Fsp3) is 0.841. The molecule has 0 aromatic carbocycles. The Morgan fingerprint density at radius 2 is 0.520 bits per heavy atom. The molecular formula is C69H126O6. The number of unbranched alkanes of at least 4 members (excludes halogenated alkanes) is 42. The minimum atomic E-state index is -0.787. The molecule has 0 aromatic rings. The highest BCUT2D eigenvalue weighted by atomic mass is 16.6. The van der Waals surface area contributed by atoms with Gasteiger partial charge in [-0.1, -0.05) is 326 Å². The van der Waals surface area contributed by atoms with Gasteiger partial charge in [0.1, 0.15) is 13.2 Å². The molecule has 0 saturated carbocycles. The topological polar surface area (TPSA) is 78.9 Å². The van der Waals surface area contributed by atoms with Crippen molar-refractivity contribution in [3.05, 3.63) is 48.6 Å². The van der Waals surface area contributed by atoms with Crippen LogP contribution in [-0.2, 0) is 28.6 Å². The van der Waals surface area contributed by atoms with E-state index in [0.717, 1.165) is 83.5 Å². The van der Waals surface area contributed by atoms with Crippen LogP contribution in [0.2, 0.25) is 0 Å². The number of ether oxygens (including phenoxy) is 3. The molecule has 6 nitrogen and oxygen atoms in total. The van der Waals surface area contributed by atoms with Gasteiger partial charge >= 0.3 is 17.9 Å². The Bertz CT molecular complexity index is 1300. The van der Waals surface area contributed by atoms with Crippen molar-refractivity contribution in [2.75, 3.05) is 13.2 Å². The van der Waals surface area contributed by atoms with E-state index in [1.807, 2.05) is 0 Å². The van der Waals surface area contributed by atoms with E-state index in [9.17, 15) is 14.4 Å². The summed E-state index contributed by atoms with van der Waals surface area (Å²) in [6.07, 6.45) is 79.9. The average molecular weight is 1050 g/mol. The van der Waals surface area contributed by atoms with E-state index >= 15 is 0 Å². The Balaban J connectivity index is 4.30. The predicted octanol–water partition coefficient (Wildman–Crippen LogP) is 22.6. The molecule has 0 aliphatic heterocycles. The lowest BCUT2D eigenvalue weighted by Gasteiger charge is -2.18. The van der Waals surface area contributed by atoms with Crippen LogP contribution in [0.5, 0.6) is 0 Å². The first-order valence-electron chi connectivity index (χ1n) is 33.1. The van der Waals surface area contributed by atoms with Crippen LogP contribution >= 0.6 is 0 Å². The van der Waals surface area contributed by atoms with Crippen LogP contribution in [0.15, 0.2) is 48.6 Å². The van der Waals surface area contributed by atoms with E-state index in [1.165, 1.54) is 231 Å². The molecule has 0 aliphatic carbocycles. The number of allylic oxidation sites excluding steroid dienone is 8. The van der Waals surface area contributed by atoms with Crippen molar-refractivity contribution in [3.63, 3.8) is 0 Å². The van der Waals surface area contributed by atoms with Gasteiger partial charge < -0.3 is 14.2 Å². The van der Waals surface area contributed by atoms with Crippen LogP contribution < -0.4 is 0 Å². The van der Waals surface area contributed by atoms with Crippen molar-refractivity contribution in [2.45, 2.75) is 361 Å². The van der Waals surface area contributed by atoms with E-state index in [0.29, 0.717) is 19.3 Å². The third-order valence-corrected chi connectivity index (χ3v) is 14.8. The molecule has 0 bridgehead atoms. The van der Waals surface area contributed by atoms with Crippen LogP contribution in [0, 0.1) is 0 Å². The zero-order valence-electron chi connectivity index (χ0n) is 50.3. The van der Waals surface area contributed by atoms with Gasteiger partial charge in [-0.15, -0.1) is 0 Å². The SMILES string of the molecule is CC/C=C\C/C=C\C/C=C\C/C=C\CCCCC(=O)OCC(COC(=O)CCCCCCCCCCCCCCCCCCCCCCCCCC)OC(=O)CCCCCCCCCCCCCCCCCCCC. The monoisotopic (exact) mass is 1050 g/mol. The van der Waals surface area contributed by atoms with Gasteiger partial charge in [-0.3, -0.25) is 14.4 Å². The van der Waals surface area contributed by atoms with Crippen molar-refractivity contribution in [1.82, 2.24) is 0 Å². The maximum Gasteiger partial charge on any atom is 0.306 e. The van der Waals surface area contributed by atoms with Crippen LogP contribution in [-0.4, -0.2) is 37.2 Å². The summed E-state index contributed by atoms with van der Waals surface area (Å²) in [6.45, 7) is 6.56. The lowest BCUT2D eigenvalue weighted by atomic mass is 10.0. The molecule has 438 valence electrons. The molecule has 0 saturated heterocycles. The van der Waals surface area contributed by atoms with Crippen molar-refractivity contribution in [1.29, 1.82) is 0 Å². The van der Waals surface area contributed by atoms with E-state index in [1.54, 1.807) is 0 Å². The molecule has 1 atom stereocenters. The zero-order chi connectivity index (χ0) is 54.3. The van der Waals surface area contributed by atoms with E-state index in [-0.39, 0.29) is 31.1 Å². The van der Waals surface area contributed by atoms with Gasteiger partial charge in [0.15, 0.2) is 6.10 Å². The van der Waals surface area contributed by atoms with Gasteiger partial charge in [-0.05, 0) is 57.8 Å². The summed E-state index contributed by atoms with van der Waals surface area (Å²) in [5, 5.41) is 0. The maximum atomic E-state index is 12.9. The van der Waals surface area contributed by atoms with E-state index < -0.39 is 6.10 Å². The average Bonchev–Trinajstić information content (AvgIpc) is 3.41. The quantitative estimate of drug-likeness (QED) is 0.0261. The summed E-state index contributed by atoms with van der Waals surface area (Å²) in [5.41, 5.74) is 0. The first-order chi connectivity index (χ1) is 37.0. The molecule has 0 N–H and O–H groups in total. The van der Waals surface area contributed by atoms with Gasteiger partial charge in [-0.2, -0.15) is 0 Å². The molecule has 0 rings (SSSR count). The van der Waals surface area contributed by atoms with Gasteiger partial charge in [0.05, 0.1) is 0 Å². The molecule has 0 fully saturated rings. The summed E-state index contributed by atoms with van der Waals surface area (Å²) in [6, 6.07) is 0. The summed E-state index contributed by atoms with van der Waals surface area (Å²) in [7, 11) is 0. The lowest BCUT2D eigenvalue weighted by molar-refractivity contribution is -0.167. The van der Waals surface area contributed by atoms with Gasteiger partial charge in [0.25, 0.3) is 0 Å². The van der Waals surface area contributed by atoms with Crippen molar-refractivity contribution in [3.8, 4) is 0 Å². The summed E-state index contributed by atoms with van der Waals surface area (Å²) >= 11 is 0. The van der Waals surface area contributed by atoms with Gasteiger partial charge in [0, 0.05) is 19.3 Å². The molecule has 75 heavy (non-hydrogen) atoms. The largest absolute Gasteiger partial charge is 0.462 e. The first-order valence-corrected chi connectivity index (χ1v) is 33.1. The van der Waals surface area contributed by atoms with Crippen LogP contribution in [0.4, 0.5) is 0 Å². The molecule has 0 heterocycles. The van der Waals surface area contributed by atoms with Gasteiger partial charge in [-0.25, -0.2) is 0 Å². The summed E-state index contributed by atoms with van der Waals surface area (Å²) in [5.74, 6) is -0.900. The van der Waals surface area contributed by atoms with Crippen molar-refractivity contribution < 1.29 is 28.6 Å². The Labute approximate surface area is 467 Å². The highest BCUT2D eigenvalue weighted by Gasteiger charge is 2.19. The maximum absolute atomic E-state index is 12.9. The second kappa shape index (κ2) is 63.9. The Morgan fingerprint density at radius 1 is 0.280 bits per heavy atom. The second-order valence-corrected chi connectivity index (χ2v) is 22.4. The normalized spacial score (nSPS) is 12.3. The number of carbonyl (C=O) groups is 3. The van der Waals surface area contributed by atoms with Crippen LogP contribution in [0.1, 0.15) is 355 Å². The fourth-order valence-corrected chi connectivity index (χ4v) is 9.91. The number of hydrogen-bond acceptors (Lipinski definition) is 6. The Kier molecular flexibility index (Phi) is 61.7. The molecule has 1 unspecified atom stereocenters. The highest BCUT2D eigenvalue weighted by Crippen LogP contribution is 2.18. The molecule has 0 radical (unpaired) electrons.